The van der Waals surface area contributed by atoms with Crippen LogP contribution in [-0.2, 0) is 16.8 Å². The monoisotopic (exact) mass is 272 g/mol. The molecular formula is C12H20N2O3S. The van der Waals surface area contributed by atoms with E-state index >= 15 is 0 Å². The van der Waals surface area contributed by atoms with Crippen LogP contribution in [-0.4, -0.2) is 37.5 Å². The van der Waals surface area contributed by atoms with Crippen molar-refractivity contribution in [3.63, 3.8) is 0 Å². The molecule has 0 aliphatic rings. The van der Waals surface area contributed by atoms with Crippen molar-refractivity contribution in [3.8, 4) is 0 Å². The number of benzene rings is 1. The van der Waals surface area contributed by atoms with E-state index < -0.39 is 10.2 Å². The molecule has 1 aromatic rings. The number of hydrogen-bond acceptors (Lipinski definition) is 3. The molecule has 0 saturated carbocycles. The largest absolute Gasteiger partial charge is 0.395 e. The number of nitrogens with one attached hydrogen (secondary N) is 1. The molecule has 0 bridgehead atoms. The van der Waals surface area contributed by atoms with Gasteiger partial charge in [0.2, 0.25) is 0 Å². The van der Waals surface area contributed by atoms with Gasteiger partial charge >= 0.3 is 0 Å². The summed E-state index contributed by atoms with van der Waals surface area (Å²) >= 11 is 0. The van der Waals surface area contributed by atoms with Crippen LogP contribution < -0.4 is 4.72 Å². The molecule has 0 amide bonds. The molecule has 0 spiro atoms. The van der Waals surface area contributed by atoms with Crippen LogP contribution in [0.4, 0.5) is 0 Å². The van der Waals surface area contributed by atoms with Crippen LogP contribution in [0.1, 0.15) is 18.9 Å². The van der Waals surface area contributed by atoms with Gasteiger partial charge in [0.25, 0.3) is 10.2 Å². The average molecular weight is 272 g/mol. The van der Waals surface area contributed by atoms with Gasteiger partial charge in [0.05, 0.1) is 6.61 Å². The molecular weight excluding hydrogens is 252 g/mol. The van der Waals surface area contributed by atoms with Gasteiger partial charge in [-0.15, -0.1) is 0 Å². The minimum atomic E-state index is -3.52. The lowest BCUT2D eigenvalue weighted by Gasteiger charge is -2.21. The summed E-state index contributed by atoms with van der Waals surface area (Å²) in [6, 6.07) is 9.32. The van der Waals surface area contributed by atoms with Gasteiger partial charge in [0.15, 0.2) is 0 Å². The second-order valence-corrected chi connectivity index (χ2v) is 5.70. The van der Waals surface area contributed by atoms with Crippen LogP contribution in [0.15, 0.2) is 30.3 Å². The Kier molecular flexibility index (Phi) is 6.28. The molecule has 102 valence electrons. The number of aliphatic hydroxyl groups excluding tert-OH is 1. The molecule has 0 aromatic heterocycles. The number of nitrogens with zero attached hydrogens (tertiary/aromatic N) is 1. The zero-order valence-electron chi connectivity index (χ0n) is 10.5. The van der Waals surface area contributed by atoms with Gasteiger partial charge in [-0.3, -0.25) is 0 Å². The predicted octanol–water partition coefficient (Wildman–Crippen LogP) is 0.725. The fourth-order valence-corrected chi connectivity index (χ4v) is 2.79. The van der Waals surface area contributed by atoms with Crippen LogP contribution in [0.2, 0.25) is 0 Å². The molecule has 0 aliphatic heterocycles. The van der Waals surface area contributed by atoms with Gasteiger partial charge in [-0.05, 0) is 12.0 Å². The van der Waals surface area contributed by atoms with E-state index in [1.54, 1.807) is 0 Å². The summed E-state index contributed by atoms with van der Waals surface area (Å²) in [5.41, 5.74) is 0.896. The van der Waals surface area contributed by atoms with E-state index in [1.165, 1.54) is 4.31 Å². The van der Waals surface area contributed by atoms with Gasteiger partial charge in [-0.1, -0.05) is 37.3 Å². The summed E-state index contributed by atoms with van der Waals surface area (Å²) < 4.78 is 27.7. The lowest BCUT2D eigenvalue weighted by Crippen LogP contribution is -2.42. The lowest BCUT2D eigenvalue weighted by atomic mass is 10.2. The Morgan fingerprint density at radius 1 is 1.28 bits per heavy atom. The van der Waals surface area contributed by atoms with Crippen LogP contribution in [0.25, 0.3) is 0 Å². The average Bonchev–Trinajstić information content (AvgIpc) is 2.37. The van der Waals surface area contributed by atoms with E-state index in [9.17, 15) is 8.42 Å². The standard InChI is InChI=1S/C12H20N2O3S/c1-2-8-13-18(16,17)14(9-10-15)11-12-6-4-3-5-7-12/h3-7,13,15H,2,8-11H2,1H3. The Bertz CT molecular complexity index is 434. The first-order valence-corrected chi connectivity index (χ1v) is 7.43. The first-order valence-electron chi connectivity index (χ1n) is 5.99. The first kappa shape index (κ1) is 15.1. The lowest BCUT2D eigenvalue weighted by molar-refractivity contribution is 0.249. The minimum absolute atomic E-state index is 0.0912. The second kappa shape index (κ2) is 7.48. The fourth-order valence-electron chi connectivity index (χ4n) is 1.51. The van der Waals surface area contributed by atoms with Crippen LogP contribution in [0.3, 0.4) is 0 Å². The highest BCUT2D eigenvalue weighted by Gasteiger charge is 2.20. The van der Waals surface area contributed by atoms with Crippen molar-refractivity contribution in [1.82, 2.24) is 9.03 Å². The normalized spacial score (nSPS) is 11.9. The number of rotatable bonds is 8. The zero-order valence-corrected chi connectivity index (χ0v) is 11.4. The summed E-state index contributed by atoms with van der Waals surface area (Å²) in [6.45, 7) is 2.46. The van der Waals surface area contributed by atoms with E-state index in [2.05, 4.69) is 4.72 Å². The molecule has 2 N–H and O–H groups in total. The van der Waals surface area contributed by atoms with Crippen molar-refractivity contribution in [2.24, 2.45) is 0 Å². The van der Waals surface area contributed by atoms with Crippen LogP contribution in [0, 0.1) is 0 Å². The molecule has 6 heteroatoms. The molecule has 0 heterocycles. The van der Waals surface area contributed by atoms with Crippen molar-refractivity contribution in [1.29, 1.82) is 0 Å². The third-order valence-electron chi connectivity index (χ3n) is 2.43. The van der Waals surface area contributed by atoms with Gasteiger partial charge in [-0.25, -0.2) is 4.72 Å². The Labute approximate surface area is 109 Å². The van der Waals surface area contributed by atoms with Crippen molar-refractivity contribution in [2.45, 2.75) is 19.9 Å². The third-order valence-corrected chi connectivity index (χ3v) is 3.99. The second-order valence-electron chi connectivity index (χ2n) is 3.94. The van der Waals surface area contributed by atoms with Crippen molar-refractivity contribution < 1.29 is 13.5 Å². The van der Waals surface area contributed by atoms with Crippen LogP contribution >= 0.6 is 0 Å². The fraction of sp³-hybridized carbons (Fsp3) is 0.500. The molecule has 0 radical (unpaired) electrons. The van der Waals surface area contributed by atoms with E-state index in [4.69, 9.17) is 5.11 Å². The highest BCUT2D eigenvalue weighted by atomic mass is 32.2. The SMILES string of the molecule is CCCNS(=O)(=O)N(CCO)Cc1ccccc1. The van der Waals surface area contributed by atoms with E-state index in [0.717, 1.165) is 12.0 Å². The van der Waals surface area contributed by atoms with Gasteiger partial charge in [0, 0.05) is 19.6 Å². The highest BCUT2D eigenvalue weighted by Crippen LogP contribution is 2.07. The van der Waals surface area contributed by atoms with E-state index in [-0.39, 0.29) is 19.7 Å². The van der Waals surface area contributed by atoms with Crippen molar-refractivity contribution >= 4 is 10.2 Å². The van der Waals surface area contributed by atoms with E-state index in [0.29, 0.717) is 6.54 Å². The zero-order chi connectivity index (χ0) is 13.4. The maximum atomic E-state index is 12.0. The number of aliphatic hydroxyl groups is 1. The van der Waals surface area contributed by atoms with Crippen LogP contribution in [0.5, 0.6) is 0 Å². The first-order chi connectivity index (χ1) is 8.60. The summed E-state index contributed by atoms with van der Waals surface area (Å²) in [5.74, 6) is 0. The molecule has 1 aromatic carbocycles. The summed E-state index contributed by atoms with van der Waals surface area (Å²) in [7, 11) is -3.52. The summed E-state index contributed by atoms with van der Waals surface area (Å²) in [5, 5.41) is 8.97. The summed E-state index contributed by atoms with van der Waals surface area (Å²) in [6.07, 6.45) is 0.734. The third kappa shape index (κ3) is 4.73. The molecule has 0 aliphatic carbocycles. The summed E-state index contributed by atoms with van der Waals surface area (Å²) in [4.78, 5) is 0. The molecule has 0 unspecified atom stereocenters. The minimum Gasteiger partial charge on any atom is -0.395 e. The Balaban J connectivity index is 2.76. The Morgan fingerprint density at radius 3 is 2.50 bits per heavy atom. The molecule has 5 nitrogen and oxygen atoms in total. The Morgan fingerprint density at radius 2 is 1.94 bits per heavy atom. The van der Waals surface area contributed by atoms with Crippen molar-refractivity contribution in [3.05, 3.63) is 35.9 Å². The van der Waals surface area contributed by atoms with Gasteiger partial charge in [0.1, 0.15) is 0 Å². The number of hydrogen-bond donors (Lipinski definition) is 2. The molecule has 0 atom stereocenters. The highest BCUT2D eigenvalue weighted by molar-refractivity contribution is 7.87. The molecule has 0 saturated heterocycles. The maximum absolute atomic E-state index is 12.0. The van der Waals surface area contributed by atoms with E-state index in [1.807, 2.05) is 37.3 Å². The molecule has 1 rings (SSSR count). The predicted molar refractivity (Wildman–Crippen MR) is 71.2 cm³/mol. The van der Waals surface area contributed by atoms with Crippen molar-refractivity contribution in [2.75, 3.05) is 19.7 Å². The maximum Gasteiger partial charge on any atom is 0.279 e. The topological polar surface area (TPSA) is 69.6 Å². The van der Waals surface area contributed by atoms with Gasteiger partial charge < -0.3 is 5.11 Å². The smallest absolute Gasteiger partial charge is 0.279 e. The molecule has 18 heavy (non-hydrogen) atoms. The quantitative estimate of drug-likeness (QED) is 0.733. The molecule has 0 fully saturated rings. The van der Waals surface area contributed by atoms with Gasteiger partial charge in [-0.2, -0.15) is 12.7 Å². The Hall–Kier alpha value is -0.950.